The third-order valence-corrected chi connectivity index (χ3v) is 4.10. The van der Waals surface area contributed by atoms with Crippen molar-refractivity contribution < 1.29 is 9.18 Å². The second kappa shape index (κ2) is 7.22. The molecule has 120 valence electrons. The minimum Gasteiger partial charge on any atom is -0.381 e. The zero-order chi connectivity index (χ0) is 16.1. The largest absolute Gasteiger partial charge is 0.381 e. The van der Waals surface area contributed by atoms with Gasteiger partial charge in [0.05, 0.1) is 16.9 Å². The summed E-state index contributed by atoms with van der Waals surface area (Å²) < 4.78 is 13.6. The van der Waals surface area contributed by atoms with Gasteiger partial charge in [-0.15, -0.1) is 0 Å². The molecule has 5 heteroatoms. The van der Waals surface area contributed by atoms with E-state index in [4.69, 9.17) is 0 Å². The summed E-state index contributed by atoms with van der Waals surface area (Å²) in [4.78, 5) is 16.4. The molecule has 1 saturated carbocycles. The molecular weight excluding hydrogens is 293 g/mol. The number of hydrogen-bond acceptors (Lipinski definition) is 3. The lowest BCUT2D eigenvalue weighted by molar-refractivity contribution is 0.102. The third-order valence-electron chi connectivity index (χ3n) is 4.10. The molecular formula is C18H20FN3O. The third kappa shape index (κ3) is 4.06. The molecule has 0 saturated heterocycles. The van der Waals surface area contributed by atoms with E-state index < -0.39 is 5.82 Å². The molecule has 0 spiro atoms. The van der Waals surface area contributed by atoms with Crippen molar-refractivity contribution in [2.45, 2.75) is 38.1 Å². The molecule has 23 heavy (non-hydrogen) atoms. The Bertz CT molecular complexity index is 683. The van der Waals surface area contributed by atoms with Crippen LogP contribution in [0.3, 0.4) is 0 Å². The van der Waals surface area contributed by atoms with Gasteiger partial charge >= 0.3 is 0 Å². The molecule has 1 fully saturated rings. The number of nitrogens with zero attached hydrogens (tertiary/aromatic N) is 1. The second-order valence-corrected chi connectivity index (χ2v) is 5.88. The first-order valence-electron chi connectivity index (χ1n) is 8.00. The van der Waals surface area contributed by atoms with Crippen LogP contribution in [-0.2, 0) is 0 Å². The van der Waals surface area contributed by atoms with E-state index in [1.807, 2.05) is 0 Å². The summed E-state index contributed by atoms with van der Waals surface area (Å²) in [6.07, 6.45) is 9.26. The maximum atomic E-state index is 13.6. The molecule has 0 aliphatic heterocycles. The van der Waals surface area contributed by atoms with Crippen LogP contribution in [0.25, 0.3) is 0 Å². The number of pyridine rings is 1. The van der Waals surface area contributed by atoms with Gasteiger partial charge in [-0.25, -0.2) is 4.39 Å². The Labute approximate surface area is 135 Å². The Morgan fingerprint density at radius 2 is 1.91 bits per heavy atom. The Balaban J connectivity index is 1.69. The van der Waals surface area contributed by atoms with Crippen LogP contribution in [0.2, 0.25) is 0 Å². The van der Waals surface area contributed by atoms with Gasteiger partial charge < -0.3 is 10.6 Å². The highest BCUT2D eigenvalue weighted by atomic mass is 19.1. The fourth-order valence-corrected chi connectivity index (χ4v) is 2.88. The van der Waals surface area contributed by atoms with E-state index in [0.29, 0.717) is 11.6 Å². The summed E-state index contributed by atoms with van der Waals surface area (Å²) >= 11 is 0. The Morgan fingerprint density at radius 3 is 2.70 bits per heavy atom. The van der Waals surface area contributed by atoms with Crippen LogP contribution < -0.4 is 10.6 Å². The molecule has 0 bridgehead atoms. The van der Waals surface area contributed by atoms with Crippen molar-refractivity contribution in [3.8, 4) is 0 Å². The number of halogens is 1. The predicted octanol–water partition coefficient (Wildman–Crippen LogP) is 4.22. The summed E-state index contributed by atoms with van der Waals surface area (Å²) in [6.45, 7) is 0. The van der Waals surface area contributed by atoms with Crippen molar-refractivity contribution in [3.05, 3.63) is 54.1 Å². The molecule has 3 rings (SSSR count). The van der Waals surface area contributed by atoms with Gasteiger partial charge in [0.25, 0.3) is 5.91 Å². The van der Waals surface area contributed by atoms with Gasteiger partial charge in [0, 0.05) is 18.4 Å². The number of hydrogen-bond donors (Lipinski definition) is 2. The summed E-state index contributed by atoms with van der Waals surface area (Å²) in [5.41, 5.74) is 1.41. The van der Waals surface area contributed by atoms with E-state index in [0.717, 1.165) is 18.5 Å². The van der Waals surface area contributed by atoms with Gasteiger partial charge in [0.15, 0.2) is 0 Å². The van der Waals surface area contributed by atoms with Crippen molar-refractivity contribution in [2.24, 2.45) is 0 Å². The van der Waals surface area contributed by atoms with E-state index in [2.05, 4.69) is 15.6 Å². The molecule has 0 radical (unpaired) electrons. The Kier molecular flexibility index (Phi) is 4.86. The number of amides is 1. The number of rotatable bonds is 4. The molecule has 1 heterocycles. The van der Waals surface area contributed by atoms with Crippen LogP contribution in [0, 0.1) is 5.82 Å². The number of carbonyl (C=O) groups is 1. The maximum absolute atomic E-state index is 13.6. The van der Waals surface area contributed by atoms with Gasteiger partial charge in [0.1, 0.15) is 5.82 Å². The molecule has 2 aromatic rings. The van der Waals surface area contributed by atoms with Gasteiger partial charge in [-0.1, -0.05) is 31.4 Å². The van der Waals surface area contributed by atoms with Gasteiger partial charge in [-0.2, -0.15) is 0 Å². The number of nitrogens with one attached hydrogen (secondary N) is 2. The van der Waals surface area contributed by atoms with E-state index in [-0.39, 0.29) is 11.6 Å². The lowest BCUT2D eigenvalue weighted by atomic mass is 9.95. The fraction of sp³-hybridized carbons (Fsp3) is 0.333. The van der Waals surface area contributed by atoms with Gasteiger partial charge in [-0.3, -0.25) is 9.78 Å². The van der Waals surface area contributed by atoms with E-state index >= 15 is 0 Å². The number of carbonyl (C=O) groups excluding carboxylic acids is 1. The lowest BCUT2D eigenvalue weighted by Gasteiger charge is -2.23. The summed E-state index contributed by atoms with van der Waals surface area (Å²) in [5, 5.41) is 6.01. The number of anilines is 2. The van der Waals surface area contributed by atoms with Crippen LogP contribution in [0.15, 0.2) is 42.7 Å². The van der Waals surface area contributed by atoms with Crippen LogP contribution in [0.1, 0.15) is 42.5 Å². The average molecular weight is 313 g/mol. The second-order valence-electron chi connectivity index (χ2n) is 5.88. The normalized spacial score (nSPS) is 15.2. The number of para-hydroxylation sites is 1. The predicted molar refractivity (Wildman–Crippen MR) is 89.1 cm³/mol. The van der Waals surface area contributed by atoms with Crippen molar-refractivity contribution >= 4 is 17.3 Å². The van der Waals surface area contributed by atoms with Crippen LogP contribution in [-0.4, -0.2) is 16.9 Å². The quantitative estimate of drug-likeness (QED) is 0.888. The van der Waals surface area contributed by atoms with Crippen LogP contribution in [0.5, 0.6) is 0 Å². The summed E-state index contributed by atoms with van der Waals surface area (Å²) in [5.74, 6) is -0.819. The molecule has 1 aliphatic carbocycles. The molecule has 1 aliphatic rings. The fourth-order valence-electron chi connectivity index (χ4n) is 2.88. The smallest absolute Gasteiger partial charge is 0.257 e. The Morgan fingerprint density at radius 1 is 1.13 bits per heavy atom. The Hall–Kier alpha value is -2.43. The molecule has 0 unspecified atom stereocenters. The van der Waals surface area contributed by atoms with Crippen molar-refractivity contribution in [1.82, 2.24) is 4.98 Å². The zero-order valence-electron chi connectivity index (χ0n) is 12.9. The van der Waals surface area contributed by atoms with Crippen molar-refractivity contribution in [1.29, 1.82) is 0 Å². The minimum absolute atomic E-state index is 0.170. The molecule has 1 amide bonds. The highest BCUT2D eigenvalue weighted by Crippen LogP contribution is 2.22. The molecule has 1 aromatic heterocycles. The first-order valence-corrected chi connectivity index (χ1v) is 8.00. The lowest BCUT2D eigenvalue weighted by Crippen LogP contribution is -2.22. The van der Waals surface area contributed by atoms with Crippen LogP contribution >= 0.6 is 0 Å². The highest BCUT2D eigenvalue weighted by Gasteiger charge is 2.14. The standard InChI is InChI=1S/C18H20FN3O/c19-16-8-4-5-9-17(16)22-18(23)13-10-15(12-20-11-13)21-14-6-2-1-3-7-14/h4-5,8-12,14,21H,1-3,6-7H2,(H,22,23). The van der Waals surface area contributed by atoms with Gasteiger partial charge in [-0.05, 0) is 31.0 Å². The molecule has 2 N–H and O–H groups in total. The van der Waals surface area contributed by atoms with Crippen LogP contribution in [0.4, 0.5) is 15.8 Å². The monoisotopic (exact) mass is 313 g/mol. The number of aromatic nitrogens is 1. The van der Waals surface area contributed by atoms with E-state index in [9.17, 15) is 9.18 Å². The van der Waals surface area contributed by atoms with Gasteiger partial charge in [0.2, 0.25) is 0 Å². The SMILES string of the molecule is O=C(Nc1ccccc1F)c1cncc(NC2CCCCC2)c1. The first kappa shape index (κ1) is 15.5. The number of benzene rings is 1. The van der Waals surface area contributed by atoms with E-state index in [1.54, 1.807) is 24.4 Å². The van der Waals surface area contributed by atoms with E-state index in [1.165, 1.54) is 37.6 Å². The van der Waals surface area contributed by atoms with Crippen molar-refractivity contribution in [3.63, 3.8) is 0 Å². The zero-order valence-corrected chi connectivity index (χ0v) is 12.9. The molecule has 0 atom stereocenters. The highest BCUT2D eigenvalue weighted by molar-refractivity contribution is 6.04. The summed E-state index contributed by atoms with van der Waals surface area (Å²) in [6, 6.07) is 8.31. The van der Waals surface area contributed by atoms with Crippen molar-refractivity contribution in [2.75, 3.05) is 10.6 Å². The molecule has 1 aromatic carbocycles. The first-order chi connectivity index (χ1) is 11.2. The average Bonchev–Trinajstić information content (AvgIpc) is 2.58. The topological polar surface area (TPSA) is 54.0 Å². The maximum Gasteiger partial charge on any atom is 0.257 e. The summed E-state index contributed by atoms with van der Waals surface area (Å²) in [7, 11) is 0. The molecule has 4 nitrogen and oxygen atoms in total. The minimum atomic E-state index is -0.453.